The van der Waals surface area contributed by atoms with Gasteiger partial charge in [-0.2, -0.15) is 0 Å². The van der Waals surface area contributed by atoms with Crippen molar-refractivity contribution in [2.75, 3.05) is 13.2 Å². The maximum Gasteiger partial charge on any atom is 0.195 e. The van der Waals surface area contributed by atoms with Gasteiger partial charge in [-0.3, -0.25) is 4.79 Å². The molecule has 1 aromatic heterocycles. The van der Waals surface area contributed by atoms with Gasteiger partial charge >= 0.3 is 0 Å². The first kappa shape index (κ1) is 12.2. The molecule has 0 bridgehead atoms. The van der Waals surface area contributed by atoms with Crippen LogP contribution in [0.25, 0.3) is 10.9 Å². The number of pyridine rings is 1. The highest BCUT2D eigenvalue weighted by atomic mass is 16.5. The van der Waals surface area contributed by atoms with Crippen molar-refractivity contribution >= 4 is 10.9 Å². The molecule has 0 atom stereocenters. The third-order valence-electron chi connectivity index (χ3n) is 3.39. The zero-order chi connectivity index (χ0) is 13.2. The Morgan fingerprint density at radius 2 is 2.32 bits per heavy atom. The van der Waals surface area contributed by atoms with E-state index in [2.05, 4.69) is 11.9 Å². The summed E-state index contributed by atoms with van der Waals surface area (Å²) in [5.41, 5.74) is 2.61. The molecule has 1 aliphatic heterocycles. The normalized spacial score (nSPS) is 14.4. The third kappa shape index (κ3) is 2.12. The number of rotatable bonds is 3. The molecule has 2 heterocycles. The molecular weight excluding hydrogens is 242 g/mol. The number of aromatic nitrogens is 1. The fourth-order valence-electron chi connectivity index (χ4n) is 2.42. The highest BCUT2D eigenvalue weighted by Gasteiger charge is 2.17. The number of hydrogen-bond acceptors (Lipinski definition) is 3. The average molecular weight is 259 g/mol. The molecule has 19 heavy (non-hydrogen) atoms. The SMILES string of the molecule is CCCOc1cccc2c(=O)c3c([nH]c12)CCOC3. The average Bonchev–Trinajstić information content (AvgIpc) is 2.46. The lowest BCUT2D eigenvalue weighted by molar-refractivity contribution is 0.108. The van der Waals surface area contributed by atoms with E-state index in [1.165, 1.54) is 0 Å². The summed E-state index contributed by atoms with van der Waals surface area (Å²) in [6.45, 7) is 3.78. The Kier molecular flexibility index (Phi) is 3.25. The molecule has 2 aromatic rings. The second kappa shape index (κ2) is 5.05. The van der Waals surface area contributed by atoms with Crippen LogP contribution in [0.5, 0.6) is 5.75 Å². The first-order valence-corrected chi connectivity index (χ1v) is 6.68. The van der Waals surface area contributed by atoms with Gasteiger partial charge in [-0.25, -0.2) is 0 Å². The van der Waals surface area contributed by atoms with Crippen molar-refractivity contribution in [3.05, 3.63) is 39.7 Å². The van der Waals surface area contributed by atoms with Crippen molar-refractivity contribution in [2.24, 2.45) is 0 Å². The lowest BCUT2D eigenvalue weighted by atomic mass is 10.1. The van der Waals surface area contributed by atoms with Crippen LogP contribution in [0.15, 0.2) is 23.0 Å². The number of para-hydroxylation sites is 1. The molecule has 0 amide bonds. The molecule has 0 unspecified atom stereocenters. The van der Waals surface area contributed by atoms with Crippen molar-refractivity contribution < 1.29 is 9.47 Å². The summed E-state index contributed by atoms with van der Waals surface area (Å²) in [6, 6.07) is 5.60. The molecule has 0 spiro atoms. The van der Waals surface area contributed by atoms with Crippen molar-refractivity contribution in [3.8, 4) is 5.75 Å². The van der Waals surface area contributed by atoms with E-state index in [-0.39, 0.29) is 5.43 Å². The Balaban J connectivity index is 2.20. The van der Waals surface area contributed by atoms with Crippen molar-refractivity contribution in [1.29, 1.82) is 0 Å². The first-order valence-electron chi connectivity index (χ1n) is 6.68. The summed E-state index contributed by atoms with van der Waals surface area (Å²) in [6.07, 6.45) is 1.70. The number of benzene rings is 1. The number of nitrogens with one attached hydrogen (secondary N) is 1. The van der Waals surface area contributed by atoms with Crippen LogP contribution in [-0.2, 0) is 17.8 Å². The van der Waals surface area contributed by atoms with Gasteiger partial charge in [0.05, 0.1) is 25.3 Å². The Morgan fingerprint density at radius 3 is 3.16 bits per heavy atom. The highest BCUT2D eigenvalue weighted by Crippen LogP contribution is 2.24. The first-order chi connectivity index (χ1) is 9.31. The van der Waals surface area contributed by atoms with Gasteiger partial charge in [-0.15, -0.1) is 0 Å². The quantitative estimate of drug-likeness (QED) is 0.920. The monoisotopic (exact) mass is 259 g/mol. The minimum absolute atomic E-state index is 0.0606. The van der Waals surface area contributed by atoms with Gasteiger partial charge in [0.15, 0.2) is 5.43 Å². The van der Waals surface area contributed by atoms with Gasteiger partial charge in [-0.05, 0) is 18.6 Å². The molecule has 0 radical (unpaired) electrons. The fraction of sp³-hybridized carbons (Fsp3) is 0.400. The molecule has 100 valence electrons. The molecule has 0 saturated heterocycles. The predicted molar refractivity (Wildman–Crippen MR) is 73.7 cm³/mol. The number of hydrogen-bond donors (Lipinski definition) is 1. The maximum atomic E-state index is 12.4. The minimum atomic E-state index is 0.0606. The predicted octanol–water partition coefficient (Wildman–Crippen LogP) is 2.39. The molecule has 0 fully saturated rings. The molecule has 4 heteroatoms. The smallest absolute Gasteiger partial charge is 0.195 e. The van der Waals surface area contributed by atoms with Gasteiger partial charge in [0.1, 0.15) is 5.75 Å². The summed E-state index contributed by atoms with van der Waals surface area (Å²) in [5, 5.41) is 0.679. The zero-order valence-corrected chi connectivity index (χ0v) is 11.0. The van der Waals surface area contributed by atoms with Crippen LogP contribution in [0.3, 0.4) is 0 Å². The van der Waals surface area contributed by atoms with Gasteiger partial charge in [-0.1, -0.05) is 13.0 Å². The summed E-state index contributed by atoms with van der Waals surface area (Å²) in [7, 11) is 0. The Hall–Kier alpha value is -1.81. The van der Waals surface area contributed by atoms with Crippen molar-refractivity contribution in [3.63, 3.8) is 0 Å². The van der Waals surface area contributed by atoms with E-state index in [1.807, 2.05) is 18.2 Å². The van der Waals surface area contributed by atoms with E-state index < -0.39 is 0 Å². The number of fused-ring (bicyclic) bond motifs is 2. The highest BCUT2D eigenvalue weighted by molar-refractivity contribution is 5.85. The second-order valence-electron chi connectivity index (χ2n) is 4.74. The standard InChI is InChI=1S/C15H17NO3/c1-2-7-19-13-5-3-4-10-14(13)16-12-6-8-18-9-11(12)15(10)17/h3-5H,2,6-9H2,1H3,(H,16,17). The van der Waals surface area contributed by atoms with Gasteiger partial charge in [0.25, 0.3) is 0 Å². The Morgan fingerprint density at radius 1 is 1.42 bits per heavy atom. The van der Waals surface area contributed by atoms with Crippen LogP contribution in [0.2, 0.25) is 0 Å². The minimum Gasteiger partial charge on any atom is -0.491 e. The van der Waals surface area contributed by atoms with Gasteiger partial charge in [0.2, 0.25) is 0 Å². The van der Waals surface area contributed by atoms with Gasteiger partial charge in [0, 0.05) is 23.1 Å². The van der Waals surface area contributed by atoms with E-state index in [0.717, 1.165) is 35.4 Å². The van der Waals surface area contributed by atoms with Crippen molar-refractivity contribution in [1.82, 2.24) is 4.98 Å². The zero-order valence-electron chi connectivity index (χ0n) is 11.0. The van der Waals surface area contributed by atoms with E-state index in [1.54, 1.807) is 0 Å². The van der Waals surface area contributed by atoms with Crippen LogP contribution in [-0.4, -0.2) is 18.2 Å². The number of H-pyrrole nitrogens is 1. The van der Waals surface area contributed by atoms with E-state index in [0.29, 0.717) is 25.2 Å². The van der Waals surface area contributed by atoms with Crippen LogP contribution >= 0.6 is 0 Å². The molecule has 1 aliphatic rings. The molecule has 0 aliphatic carbocycles. The summed E-state index contributed by atoms with van der Waals surface area (Å²) in [4.78, 5) is 15.8. The lowest BCUT2D eigenvalue weighted by Gasteiger charge is -2.17. The molecule has 4 nitrogen and oxygen atoms in total. The van der Waals surface area contributed by atoms with Crippen LogP contribution in [0.4, 0.5) is 0 Å². The van der Waals surface area contributed by atoms with Crippen molar-refractivity contribution in [2.45, 2.75) is 26.4 Å². The maximum absolute atomic E-state index is 12.4. The third-order valence-corrected chi connectivity index (χ3v) is 3.39. The molecule has 1 aromatic carbocycles. The molecular formula is C15H17NO3. The summed E-state index contributed by atoms with van der Waals surface area (Å²) in [5.74, 6) is 0.755. The summed E-state index contributed by atoms with van der Waals surface area (Å²) >= 11 is 0. The van der Waals surface area contributed by atoms with E-state index >= 15 is 0 Å². The van der Waals surface area contributed by atoms with Crippen LogP contribution in [0.1, 0.15) is 24.6 Å². The molecule has 1 N–H and O–H groups in total. The van der Waals surface area contributed by atoms with Crippen LogP contribution in [0, 0.1) is 0 Å². The molecule has 3 rings (SSSR count). The Labute approximate surface area is 111 Å². The largest absolute Gasteiger partial charge is 0.491 e. The summed E-state index contributed by atoms with van der Waals surface area (Å²) < 4.78 is 11.1. The Bertz CT molecular complexity index is 660. The van der Waals surface area contributed by atoms with Crippen LogP contribution < -0.4 is 10.2 Å². The topological polar surface area (TPSA) is 51.3 Å². The van der Waals surface area contributed by atoms with E-state index in [4.69, 9.17) is 9.47 Å². The second-order valence-corrected chi connectivity index (χ2v) is 4.74. The number of aromatic amines is 1. The lowest BCUT2D eigenvalue weighted by Crippen LogP contribution is -2.21. The molecule has 0 saturated carbocycles. The fourth-order valence-corrected chi connectivity index (χ4v) is 2.42. The van der Waals surface area contributed by atoms with E-state index in [9.17, 15) is 4.79 Å². The van der Waals surface area contributed by atoms with Gasteiger partial charge < -0.3 is 14.5 Å². The number of ether oxygens (including phenoxy) is 2.